The Balaban J connectivity index is 1.47. The van der Waals surface area contributed by atoms with Crippen LogP contribution in [0.25, 0.3) is 0 Å². The molecule has 0 bridgehead atoms. The van der Waals surface area contributed by atoms with Crippen LogP contribution >= 0.6 is 0 Å². The monoisotopic (exact) mass is 451 g/mol. The van der Waals surface area contributed by atoms with Gasteiger partial charge in [-0.1, -0.05) is 91.0 Å². The van der Waals surface area contributed by atoms with Gasteiger partial charge in [-0.25, -0.2) is 9.80 Å². The van der Waals surface area contributed by atoms with Gasteiger partial charge in [-0.05, 0) is 56.7 Å². The van der Waals surface area contributed by atoms with Crippen molar-refractivity contribution in [3.05, 3.63) is 108 Å². The molecule has 3 aromatic rings. The van der Waals surface area contributed by atoms with Crippen molar-refractivity contribution in [2.75, 3.05) is 0 Å². The molecule has 34 heavy (non-hydrogen) atoms. The maximum absolute atomic E-state index is 13.7. The first-order valence-corrected chi connectivity index (χ1v) is 12.2. The first kappa shape index (κ1) is 22.4. The fourth-order valence-electron chi connectivity index (χ4n) is 5.44. The Morgan fingerprint density at radius 1 is 0.853 bits per heavy atom. The average Bonchev–Trinajstić information content (AvgIpc) is 3.58. The fourth-order valence-corrected chi connectivity index (χ4v) is 5.44. The zero-order chi connectivity index (χ0) is 23.9. The predicted molar refractivity (Wildman–Crippen MR) is 138 cm³/mol. The van der Waals surface area contributed by atoms with E-state index < -0.39 is 11.1 Å². The Labute approximate surface area is 202 Å². The summed E-state index contributed by atoms with van der Waals surface area (Å²) < 4.78 is 0. The molecule has 0 spiro atoms. The lowest BCUT2D eigenvalue weighted by atomic mass is 9.77. The molecule has 3 atom stereocenters. The molecule has 2 aliphatic rings. The van der Waals surface area contributed by atoms with Crippen molar-refractivity contribution in [1.29, 1.82) is 0 Å². The van der Waals surface area contributed by atoms with Gasteiger partial charge in [-0.3, -0.25) is 0 Å². The highest BCUT2D eigenvalue weighted by Gasteiger charge is 2.55. The minimum atomic E-state index is -0.513. The molecular formula is C30H33N3O. The molecule has 1 heterocycles. The summed E-state index contributed by atoms with van der Waals surface area (Å²) in [6, 6.07) is 31.1. The minimum absolute atomic E-state index is 0.0537. The van der Waals surface area contributed by atoms with E-state index in [1.165, 1.54) is 11.1 Å². The van der Waals surface area contributed by atoms with Crippen LogP contribution in [0, 0.1) is 5.92 Å². The number of rotatable bonds is 5. The van der Waals surface area contributed by atoms with E-state index in [4.69, 9.17) is 5.10 Å². The van der Waals surface area contributed by atoms with Crippen LogP contribution < -0.4 is 5.32 Å². The molecule has 0 radical (unpaired) electrons. The fraction of sp³-hybridized carbons (Fsp3) is 0.333. The number of urea groups is 1. The number of nitrogens with zero attached hydrogens (tertiary/aromatic N) is 2. The summed E-state index contributed by atoms with van der Waals surface area (Å²) in [7, 11) is 0. The molecule has 0 aromatic heterocycles. The summed E-state index contributed by atoms with van der Waals surface area (Å²) in [6.45, 7) is 8.34. The van der Waals surface area contributed by atoms with Crippen molar-refractivity contribution in [3.8, 4) is 0 Å². The third kappa shape index (κ3) is 4.02. The SMILES string of the molecule is CC(C)(NC(=O)N1N=C([C@@H]2C[C@H]2c2ccccc2)C(c2ccccc2)C1(C)C)c1ccccc1. The highest BCUT2D eigenvalue weighted by molar-refractivity contribution is 6.00. The van der Waals surface area contributed by atoms with Gasteiger partial charge in [0.2, 0.25) is 0 Å². The van der Waals surface area contributed by atoms with E-state index in [2.05, 4.69) is 73.8 Å². The lowest BCUT2D eigenvalue weighted by molar-refractivity contribution is 0.138. The number of carbonyl (C=O) groups excluding carboxylic acids is 1. The van der Waals surface area contributed by atoms with Gasteiger partial charge in [0.25, 0.3) is 0 Å². The van der Waals surface area contributed by atoms with Gasteiger partial charge >= 0.3 is 6.03 Å². The Kier molecular flexibility index (Phi) is 5.55. The second kappa shape index (κ2) is 8.43. The number of nitrogens with one attached hydrogen (secondary N) is 1. The summed E-state index contributed by atoms with van der Waals surface area (Å²) in [4.78, 5) is 13.7. The molecule has 1 saturated carbocycles. The lowest BCUT2D eigenvalue weighted by Crippen LogP contribution is -2.53. The van der Waals surface area contributed by atoms with E-state index in [1.807, 2.05) is 50.2 Å². The normalized spacial score (nSPS) is 23.4. The van der Waals surface area contributed by atoms with E-state index in [-0.39, 0.29) is 11.9 Å². The Morgan fingerprint density at radius 3 is 1.97 bits per heavy atom. The summed E-state index contributed by atoms with van der Waals surface area (Å²) in [5.74, 6) is 0.871. The molecule has 1 N–H and O–H groups in total. The summed E-state index contributed by atoms with van der Waals surface area (Å²) in [5, 5.41) is 10.00. The van der Waals surface area contributed by atoms with Crippen molar-refractivity contribution in [1.82, 2.24) is 10.3 Å². The van der Waals surface area contributed by atoms with E-state index in [0.29, 0.717) is 11.8 Å². The smallest absolute Gasteiger partial charge is 0.328 e. The van der Waals surface area contributed by atoms with Crippen LogP contribution in [-0.4, -0.2) is 22.3 Å². The molecule has 4 heteroatoms. The van der Waals surface area contributed by atoms with Gasteiger partial charge in [0.05, 0.1) is 16.8 Å². The van der Waals surface area contributed by atoms with Crippen molar-refractivity contribution in [3.63, 3.8) is 0 Å². The third-order valence-electron chi connectivity index (χ3n) is 7.40. The molecule has 1 fully saturated rings. The Morgan fingerprint density at radius 2 is 1.38 bits per heavy atom. The largest absolute Gasteiger partial charge is 0.339 e. The molecule has 1 aliphatic carbocycles. The molecule has 2 amide bonds. The second-order valence-corrected chi connectivity index (χ2v) is 10.6. The van der Waals surface area contributed by atoms with Crippen molar-refractivity contribution in [2.24, 2.45) is 11.0 Å². The Bertz CT molecular complexity index is 1190. The maximum atomic E-state index is 13.7. The molecule has 1 unspecified atom stereocenters. The topological polar surface area (TPSA) is 44.7 Å². The van der Waals surface area contributed by atoms with Crippen LogP contribution in [0.15, 0.2) is 96.1 Å². The second-order valence-electron chi connectivity index (χ2n) is 10.6. The van der Waals surface area contributed by atoms with E-state index in [9.17, 15) is 4.79 Å². The van der Waals surface area contributed by atoms with Crippen LogP contribution in [0.4, 0.5) is 4.79 Å². The molecule has 5 rings (SSSR count). The molecule has 1 aliphatic heterocycles. The van der Waals surface area contributed by atoms with Crippen LogP contribution in [0.2, 0.25) is 0 Å². The molecule has 0 saturated heterocycles. The van der Waals surface area contributed by atoms with Crippen molar-refractivity contribution < 1.29 is 4.79 Å². The maximum Gasteiger partial charge on any atom is 0.339 e. The molecule has 4 nitrogen and oxygen atoms in total. The van der Waals surface area contributed by atoms with Crippen LogP contribution in [0.5, 0.6) is 0 Å². The van der Waals surface area contributed by atoms with Crippen LogP contribution in [0.1, 0.15) is 62.6 Å². The summed E-state index contributed by atoms with van der Waals surface area (Å²) >= 11 is 0. The number of carbonyl (C=O) groups is 1. The van der Waals surface area contributed by atoms with Gasteiger partial charge in [-0.2, -0.15) is 5.10 Å². The minimum Gasteiger partial charge on any atom is -0.328 e. The number of hydrogen-bond donors (Lipinski definition) is 1. The highest BCUT2D eigenvalue weighted by Crippen LogP contribution is 2.55. The van der Waals surface area contributed by atoms with Gasteiger partial charge < -0.3 is 5.32 Å². The van der Waals surface area contributed by atoms with Gasteiger partial charge in [0.1, 0.15) is 0 Å². The van der Waals surface area contributed by atoms with Gasteiger partial charge in [0, 0.05) is 11.8 Å². The summed E-state index contributed by atoms with van der Waals surface area (Å²) in [6.07, 6.45) is 1.08. The van der Waals surface area contributed by atoms with Crippen molar-refractivity contribution in [2.45, 2.75) is 57.0 Å². The lowest BCUT2D eigenvalue weighted by Gasteiger charge is -2.37. The molecule has 174 valence electrons. The average molecular weight is 452 g/mol. The van der Waals surface area contributed by atoms with Gasteiger partial charge in [-0.15, -0.1) is 0 Å². The Hall–Kier alpha value is -3.40. The van der Waals surface area contributed by atoms with E-state index in [0.717, 1.165) is 17.7 Å². The third-order valence-corrected chi connectivity index (χ3v) is 7.40. The standard InChI is InChI=1S/C30H33N3O/c1-29(2,23-18-12-7-13-19-23)31-28(34)33-30(3,4)26(22-16-10-6-11-17-22)27(32-33)25-20-24(25)21-14-8-5-9-15-21/h5-19,24-26H,20H2,1-4H3,(H,31,34)/t24-,25+,26?/m0/s1. The van der Waals surface area contributed by atoms with Crippen molar-refractivity contribution >= 4 is 11.7 Å². The van der Waals surface area contributed by atoms with Crippen LogP contribution in [0.3, 0.4) is 0 Å². The molecular weight excluding hydrogens is 418 g/mol. The highest BCUT2D eigenvalue weighted by atomic mass is 16.2. The predicted octanol–water partition coefficient (Wildman–Crippen LogP) is 6.67. The van der Waals surface area contributed by atoms with E-state index >= 15 is 0 Å². The first-order valence-electron chi connectivity index (χ1n) is 12.2. The number of benzene rings is 3. The van der Waals surface area contributed by atoms with Crippen LogP contribution in [-0.2, 0) is 5.54 Å². The zero-order valence-electron chi connectivity index (χ0n) is 20.4. The first-order chi connectivity index (χ1) is 16.3. The zero-order valence-corrected chi connectivity index (χ0v) is 20.4. The molecule has 3 aromatic carbocycles. The number of amides is 2. The van der Waals surface area contributed by atoms with E-state index in [1.54, 1.807) is 5.01 Å². The number of hydrogen-bond acceptors (Lipinski definition) is 2. The quantitative estimate of drug-likeness (QED) is 0.463. The van der Waals surface area contributed by atoms with Gasteiger partial charge in [0.15, 0.2) is 0 Å². The summed E-state index contributed by atoms with van der Waals surface area (Å²) in [5.41, 5.74) is 3.75. The number of hydrazone groups is 1.